The van der Waals surface area contributed by atoms with E-state index in [0.717, 1.165) is 35.4 Å². The van der Waals surface area contributed by atoms with Crippen LogP contribution in [0.3, 0.4) is 0 Å². The fraction of sp³-hybridized carbons (Fsp3) is 0.364. The third-order valence-corrected chi connectivity index (χ3v) is 5.59. The zero-order chi connectivity index (χ0) is 22.4. The summed E-state index contributed by atoms with van der Waals surface area (Å²) in [5, 5.41) is 15.9. The van der Waals surface area contributed by atoms with Gasteiger partial charge in [0.15, 0.2) is 0 Å². The average molecular weight is 429 g/mol. The maximum absolute atomic E-state index is 11.3. The summed E-state index contributed by atoms with van der Waals surface area (Å²) in [6.45, 7) is 9.66. The van der Waals surface area contributed by atoms with Crippen LogP contribution in [0.1, 0.15) is 29.3 Å². The van der Waals surface area contributed by atoms with Gasteiger partial charge in [0.2, 0.25) is 0 Å². The zero-order valence-electron chi connectivity index (χ0n) is 17.4. The van der Waals surface area contributed by atoms with Crippen molar-refractivity contribution in [3.05, 3.63) is 52.6 Å². The van der Waals surface area contributed by atoms with Gasteiger partial charge in [-0.3, -0.25) is 9.79 Å². The van der Waals surface area contributed by atoms with Crippen LogP contribution >= 0.6 is 11.3 Å². The molecule has 160 valence electrons. The van der Waals surface area contributed by atoms with E-state index in [1.807, 2.05) is 14.0 Å². The van der Waals surface area contributed by atoms with Gasteiger partial charge in [-0.1, -0.05) is 18.7 Å². The van der Waals surface area contributed by atoms with Crippen molar-refractivity contribution in [2.45, 2.75) is 26.2 Å². The Labute approximate surface area is 181 Å². The molecule has 7 nitrogen and oxygen atoms in total. The molecule has 0 bridgehead atoms. The smallest absolute Gasteiger partial charge is 0.407 e. The average Bonchev–Trinajstić information content (AvgIpc) is 3.12. The predicted molar refractivity (Wildman–Crippen MR) is 122 cm³/mol. The van der Waals surface area contributed by atoms with Crippen LogP contribution in [-0.2, 0) is 22.4 Å². The first-order valence-electron chi connectivity index (χ1n) is 9.57. The van der Waals surface area contributed by atoms with Gasteiger partial charge >= 0.3 is 6.09 Å². The number of anilines is 1. The van der Waals surface area contributed by atoms with Gasteiger partial charge < -0.3 is 15.4 Å². The van der Waals surface area contributed by atoms with Crippen molar-refractivity contribution in [3.8, 4) is 6.07 Å². The number of hydrogen-bond acceptors (Lipinski definition) is 7. The Morgan fingerprint density at radius 1 is 1.50 bits per heavy atom. The van der Waals surface area contributed by atoms with Crippen LogP contribution in [0, 0.1) is 17.2 Å². The zero-order valence-corrected chi connectivity index (χ0v) is 18.3. The molecule has 30 heavy (non-hydrogen) atoms. The maximum atomic E-state index is 11.3. The third kappa shape index (κ3) is 7.68. The third-order valence-electron chi connectivity index (χ3n) is 4.32. The van der Waals surface area contributed by atoms with Crippen molar-refractivity contribution in [2.75, 3.05) is 25.5 Å². The van der Waals surface area contributed by atoms with Gasteiger partial charge in [0, 0.05) is 24.7 Å². The van der Waals surface area contributed by atoms with E-state index in [-0.39, 0.29) is 6.09 Å². The highest BCUT2D eigenvalue weighted by atomic mass is 32.1. The second-order valence-electron chi connectivity index (χ2n) is 6.32. The van der Waals surface area contributed by atoms with Crippen molar-refractivity contribution >= 4 is 35.4 Å². The summed E-state index contributed by atoms with van der Waals surface area (Å²) in [6, 6.07) is 2.29. The number of aliphatic imine (C=N–C) groups is 1. The van der Waals surface area contributed by atoms with Crippen molar-refractivity contribution in [1.82, 2.24) is 5.32 Å². The summed E-state index contributed by atoms with van der Waals surface area (Å²) in [5.74, 6) is 0.347. The molecule has 0 saturated carbocycles. The number of hydrogen-bond donors (Lipinski definition) is 2. The number of allylic oxidation sites excluding steroid dienone is 4. The molecule has 1 aromatic heterocycles. The summed E-state index contributed by atoms with van der Waals surface area (Å²) >= 11 is 1.65. The summed E-state index contributed by atoms with van der Waals surface area (Å²) < 4.78 is 5.20. The van der Waals surface area contributed by atoms with E-state index in [2.05, 4.69) is 35.0 Å². The molecule has 1 atom stereocenters. The molecule has 0 aliphatic heterocycles. The van der Waals surface area contributed by atoms with Crippen LogP contribution in [0.15, 0.2) is 41.6 Å². The summed E-state index contributed by atoms with van der Waals surface area (Å²) in [5.41, 5.74) is 2.73. The predicted octanol–water partition coefficient (Wildman–Crippen LogP) is 4.02. The quantitative estimate of drug-likeness (QED) is 0.282. The number of thiophene rings is 1. The molecule has 0 fully saturated rings. The second-order valence-corrected chi connectivity index (χ2v) is 7.42. The van der Waals surface area contributed by atoms with Crippen molar-refractivity contribution in [2.24, 2.45) is 10.9 Å². The van der Waals surface area contributed by atoms with Gasteiger partial charge in [0.05, 0.1) is 12.2 Å². The minimum Gasteiger partial charge on any atom is -0.449 e. The van der Waals surface area contributed by atoms with Crippen LogP contribution in [0.25, 0.3) is 0 Å². The number of alkyl carbamates (subject to hydrolysis) is 1. The Morgan fingerprint density at radius 3 is 2.83 bits per heavy atom. The lowest BCUT2D eigenvalue weighted by Gasteiger charge is -2.21. The van der Waals surface area contributed by atoms with Gasteiger partial charge in [0.25, 0.3) is 0 Å². The Balaban J connectivity index is 0.000000382. The van der Waals surface area contributed by atoms with Crippen LogP contribution in [0.5, 0.6) is 0 Å². The molecule has 0 saturated heterocycles. The molecule has 1 aromatic rings. The highest BCUT2D eigenvalue weighted by molar-refractivity contribution is 7.16. The first-order valence-corrected chi connectivity index (χ1v) is 10.4. The molecule has 0 aromatic carbocycles. The van der Waals surface area contributed by atoms with Crippen molar-refractivity contribution < 1.29 is 14.3 Å². The van der Waals surface area contributed by atoms with Crippen LogP contribution < -0.4 is 10.6 Å². The Bertz CT molecular complexity index is 849. The lowest BCUT2D eigenvalue weighted by molar-refractivity contribution is -0.104. The van der Waals surface area contributed by atoms with Crippen LogP contribution in [0.4, 0.5) is 9.80 Å². The highest BCUT2D eigenvalue weighted by Crippen LogP contribution is 2.39. The monoisotopic (exact) mass is 428 g/mol. The minimum atomic E-state index is -0.349. The van der Waals surface area contributed by atoms with E-state index in [9.17, 15) is 14.9 Å². The summed E-state index contributed by atoms with van der Waals surface area (Å²) in [4.78, 5) is 25.9. The Kier molecular flexibility index (Phi) is 11.5. The molecule has 2 N–H and O–H groups in total. The van der Waals surface area contributed by atoms with Crippen LogP contribution in [0.2, 0.25) is 0 Å². The SMILES string of the molecule is C=CC(/C=C/C=O)=C\N=C.CCNC(=O)OCC1CCc2c(sc(NC)c2C#N)C1. The topological polar surface area (TPSA) is 104 Å². The molecular formula is C22H28N4O3S. The molecule has 1 aliphatic rings. The molecule has 2 rings (SSSR count). The van der Waals surface area contributed by atoms with E-state index in [4.69, 9.17) is 4.74 Å². The van der Waals surface area contributed by atoms with Crippen molar-refractivity contribution in [3.63, 3.8) is 0 Å². The molecule has 1 unspecified atom stereocenters. The van der Waals surface area contributed by atoms with Gasteiger partial charge in [0.1, 0.15) is 17.4 Å². The standard InChI is InChI=1S/C14H19N3O2S.C8H9NO/c1-3-17-14(18)19-8-9-4-5-10-11(7-15)13(16-2)20-12(10)6-9;1-3-8(7-9-2)5-4-6-10/h9,16H,3-6,8H2,1-2H3,(H,17,18);3-7H,1-2H2/b;5-4+,8-7+. The first kappa shape index (κ1) is 24.9. The molecule has 1 amide bonds. The minimum absolute atomic E-state index is 0.347. The van der Waals surface area contributed by atoms with E-state index in [1.165, 1.54) is 22.7 Å². The van der Waals surface area contributed by atoms with Gasteiger partial charge in [-0.25, -0.2) is 4.79 Å². The number of carbonyl (C=O) groups excluding carboxylic acids is 2. The normalized spacial score (nSPS) is 15.1. The molecule has 0 spiro atoms. The molecule has 8 heteroatoms. The highest BCUT2D eigenvalue weighted by Gasteiger charge is 2.26. The van der Waals surface area contributed by atoms with Gasteiger partial charge in [-0.2, -0.15) is 5.26 Å². The Morgan fingerprint density at radius 2 is 2.27 bits per heavy atom. The van der Waals surface area contributed by atoms with E-state index < -0.39 is 0 Å². The number of nitriles is 1. The number of carbonyl (C=O) groups is 2. The number of fused-ring (bicyclic) bond motifs is 1. The van der Waals surface area contributed by atoms with Gasteiger partial charge in [-0.05, 0) is 56.0 Å². The maximum Gasteiger partial charge on any atom is 0.407 e. The van der Waals surface area contributed by atoms with Crippen molar-refractivity contribution in [1.29, 1.82) is 5.26 Å². The lowest BCUT2D eigenvalue weighted by atomic mass is 9.88. The fourth-order valence-electron chi connectivity index (χ4n) is 2.90. The largest absolute Gasteiger partial charge is 0.449 e. The number of amides is 1. The summed E-state index contributed by atoms with van der Waals surface area (Å²) in [7, 11) is 1.84. The second kappa shape index (κ2) is 13.9. The number of nitrogens with one attached hydrogen (secondary N) is 2. The molecule has 1 aliphatic carbocycles. The van der Waals surface area contributed by atoms with E-state index in [0.29, 0.717) is 25.4 Å². The van der Waals surface area contributed by atoms with Crippen LogP contribution in [-0.4, -0.2) is 39.3 Å². The number of nitrogens with zero attached hydrogens (tertiary/aromatic N) is 2. The first-order chi connectivity index (χ1) is 14.5. The summed E-state index contributed by atoms with van der Waals surface area (Å²) in [6.07, 6.45) is 9.17. The Hall–Kier alpha value is -3.18. The van der Waals surface area contributed by atoms with E-state index in [1.54, 1.807) is 23.5 Å². The lowest BCUT2D eigenvalue weighted by Crippen LogP contribution is -2.27. The number of ether oxygens (including phenoxy) is 1. The number of aldehydes is 1. The van der Waals surface area contributed by atoms with Gasteiger partial charge in [-0.15, -0.1) is 11.3 Å². The van der Waals surface area contributed by atoms with E-state index >= 15 is 0 Å². The molecular weight excluding hydrogens is 400 g/mol. The molecule has 0 radical (unpaired) electrons. The fourth-order valence-corrected chi connectivity index (χ4v) is 4.17. The molecule has 1 heterocycles. The number of rotatable bonds is 8.